The molecule has 0 saturated carbocycles. The summed E-state index contributed by atoms with van der Waals surface area (Å²) in [7, 11) is 1.68. The molecule has 0 saturated heterocycles. The Morgan fingerprint density at radius 2 is 1.78 bits per heavy atom. The number of hydrogen-bond donors (Lipinski definition) is 2. The highest BCUT2D eigenvalue weighted by Crippen LogP contribution is 2.19. The Morgan fingerprint density at radius 3 is 2.39 bits per heavy atom. The molecule has 0 aliphatic heterocycles. The van der Waals surface area contributed by atoms with Crippen molar-refractivity contribution in [1.82, 2.24) is 10.6 Å². The fourth-order valence-electron chi connectivity index (χ4n) is 2.43. The number of methoxy groups -OCH3 is 1. The summed E-state index contributed by atoms with van der Waals surface area (Å²) in [5.74, 6) is 0.868. The van der Waals surface area contributed by atoms with Crippen LogP contribution in [0.15, 0.2) is 54.6 Å². The van der Waals surface area contributed by atoms with E-state index in [4.69, 9.17) is 17.0 Å². The Kier molecular flexibility index (Phi) is 6.88. The van der Waals surface area contributed by atoms with E-state index < -0.39 is 0 Å². The normalized spacial score (nSPS) is 11.6. The summed E-state index contributed by atoms with van der Waals surface area (Å²) < 4.78 is 5.20. The quantitative estimate of drug-likeness (QED) is 0.756. The van der Waals surface area contributed by atoms with E-state index in [0.29, 0.717) is 5.11 Å². The maximum atomic E-state index is 5.41. The van der Waals surface area contributed by atoms with Crippen LogP contribution in [0.3, 0.4) is 0 Å². The lowest BCUT2D eigenvalue weighted by Gasteiger charge is -2.20. The van der Waals surface area contributed by atoms with Crippen molar-refractivity contribution < 1.29 is 4.74 Å². The monoisotopic (exact) mass is 328 g/mol. The zero-order chi connectivity index (χ0) is 16.5. The Labute approximate surface area is 144 Å². The second-order valence-electron chi connectivity index (χ2n) is 5.37. The lowest BCUT2D eigenvalue weighted by atomic mass is 10.0. The molecule has 122 valence electrons. The number of benzene rings is 2. The number of ether oxygens (including phenoxy) is 1. The van der Waals surface area contributed by atoms with E-state index in [1.54, 1.807) is 7.11 Å². The lowest BCUT2D eigenvalue weighted by Crippen LogP contribution is -2.38. The third-order valence-corrected chi connectivity index (χ3v) is 4.04. The SMILES string of the molecule is CC[C@H](NC(=S)NCCc1ccccc1)c1ccc(OC)cc1. The summed E-state index contributed by atoms with van der Waals surface area (Å²) in [6.45, 7) is 2.98. The molecule has 0 fully saturated rings. The van der Waals surface area contributed by atoms with Crippen molar-refractivity contribution >= 4 is 17.3 Å². The average molecular weight is 328 g/mol. The molecule has 23 heavy (non-hydrogen) atoms. The highest BCUT2D eigenvalue weighted by atomic mass is 32.1. The van der Waals surface area contributed by atoms with Gasteiger partial charge in [0, 0.05) is 6.54 Å². The molecule has 2 aromatic carbocycles. The van der Waals surface area contributed by atoms with Crippen molar-refractivity contribution in [3.8, 4) is 5.75 Å². The van der Waals surface area contributed by atoms with Crippen LogP contribution in [0.25, 0.3) is 0 Å². The van der Waals surface area contributed by atoms with E-state index >= 15 is 0 Å². The first-order valence-corrected chi connectivity index (χ1v) is 8.36. The molecule has 3 nitrogen and oxygen atoms in total. The van der Waals surface area contributed by atoms with Crippen LogP contribution in [-0.2, 0) is 6.42 Å². The topological polar surface area (TPSA) is 33.3 Å². The predicted molar refractivity (Wildman–Crippen MR) is 99.9 cm³/mol. The number of rotatable bonds is 7. The zero-order valence-electron chi connectivity index (χ0n) is 13.7. The van der Waals surface area contributed by atoms with Crippen LogP contribution in [0.4, 0.5) is 0 Å². The molecule has 0 unspecified atom stereocenters. The third kappa shape index (κ3) is 5.57. The van der Waals surface area contributed by atoms with Crippen molar-refractivity contribution in [2.45, 2.75) is 25.8 Å². The van der Waals surface area contributed by atoms with Crippen molar-refractivity contribution in [2.75, 3.05) is 13.7 Å². The van der Waals surface area contributed by atoms with Crippen LogP contribution >= 0.6 is 12.2 Å². The number of thiocarbonyl (C=S) groups is 1. The zero-order valence-corrected chi connectivity index (χ0v) is 14.5. The Hall–Kier alpha value is -2.07. The van der Waals surface area contributed by atoms with Crippen molar-refractivity contribution in [1.29, 1.82) is 0 Å². The average Bonchev–Trinajstić information content (AvgIpc) is 2.61. The second-order valence-corrected chi connectivity index (χ2v) is 5.78. The van der Waals surface area contributed by atoms with E-state index in [1.807, 2.05) is 18.2 Å². The molecule has 0 radical (unpaired) electrons. The van der Waals surface area contributed by atoms with E-state index in [-0.39, 0.29) is 6.04 Å². The van der Waals surface area contributed by atoms with Crippen molar-refractivity contribution in [3.63, 3.8) is 0 Å². The first-order valence-electron chi connectivity index (χ1n) is 7.95. The molecule has 4 heteroatoms. The smallest absolute Gasteiger partial charge is 0.166 e. The van der Waals surface area contributed by atoms with Gasteiger partial charge >= 0.3 is 0 Å². The molecule has 1 atom stereocenters. The van der Waals surface area contributed by atoms with Gasteiger partial charge in [-0.25, -0.2) is 0 Å². The van der Waals surface area contributed by atoms with Crippen LogP contribution < -0.4 is 15.4 Å². The minimum atomic E-state index is 0.206. The fraction of sp³-hybridized carbons (Fsp3) is 0.316. The molecule has 2 aromatic rings. The standard InChI is InChI=1S/C19H24N2OS/c1-3-18(16-9-11-17(22-2)12-10-16)21-19(23)20-14-13-15-7-5-4-6-8-15/h4-12,18H,3,13-14H2,1-2H3,(H2,20,21,23)/t18-/m0/s1. The summed E-state index contributed by atoms with van der Waals surface area (Å²) in [6.07, 6.45) is 1.93. The van der Waals surface area contributed by atoms with E-state index in [1.165, 1.54) is 11.1 Å². The van der Waals surface area contributed by atoms with Crippen molar-refractivity contribution in [3.05, 3.63) is 65.7 Å². The van der Waals surface area contributed by atoms with Crippen LogP contribution in [0.5, 0.6) is 5.75 Å². The minimum absolute atomic E-state index is 0.206. The lowest BCUT2D eigenvalue weighted by molar-refractivity contribution is 0.414. The summed E-state index contributed by atoms with van der Waals surface area (Å²) in [5.41, 5.74) is 2.52. The van der Waals surface area contributed by atoms with Gasteiger partial charge in [0.2, 0.25) is 0 Å². The third-order valence-electron chi connectivity index (χ3n) is 3.77. The van der Waals surface area contributed by atoms with Gasteiger partial charge in [0.05, 0.1) is 13.2 Å². The Bertz CT molecular complexity index is 599. The molecule has 0 amide bonds. The van der Waals surface area contributed by atoms with Crippen molar-refractivity contribution in [2.24, 2.45) is 0 Å². The maximum absolute atomic E-state index is 5.41. The number of hydrogen-bond acceptors (Lipinski definition) is 2. The van der Waals surface area contributed by atoms with E-state index in [2.05, 4.69) is 54.0 Å². The number of nitrogens with one attached hydrogen (secondary N) is 2. The van der Waals surface area contributed by atoms with Gasteiger partial charge in [-0.1, -0.05) is 49.4 Å². The molecule has 0 spiro atoms. The molecule has 0 heterocycles. The molecule has 2 N–H and O–H groups in total. The summed E-state index contributed by atoms with van der Waals surface area (Å²) in [6, 6.07) is 18.7. The molecular weight excluding hydrogens is 304 g/mol. The first kappa shape index (κ1) is 17.3. The van der Waals surface area contributed by atoms with Gasteiger partial charge in [0.1, 0.15) is 5.75 Å². The van der Waals surface area contributed by atoms with Gasteiger partial charge in [-0.05, 0) is 48.3 Å². The van der Waals surface area contributed by atoms with Gasteiger partial charge in [-0.2, -0.15) is 0 Å². The van der Waals surface area contributed by atoms with Gasteiger partial charge in [0.25, 0.3) is 0 Å². The largest absolute Gasteiger partial charge is 0.497 e. The summed E-state index contributed by atoms with van der Waals surface area (Å²) in [4.78, 5) is 0. The predicted octanol–water partition coefficient (Wildman–Crippen LogP) is 3.85. The van der Waals surface area contributed by atoms with E-state index in [0.717, 1.165) is 25.1 Å². The minimum Gasteiger partial charge on any atom is -0.497 e. The highest BCUT2D eigenvalue weighted by Gasteiger charge is 2.10. The Morgan fingerprint density at radius 1 is 1.09 bits per heavy atom. The van der Waals surface area contributed by atoms with Crippen LogP contribution in [0, 0.1) is 0 Å². The van der Waals surface area contributed by atoms with Gasteiger partial charge in [-0.3, -0.25) is 0 Å². The van der Waals surface area contributed by atoms with Gasteiger partial charge < -0.3 is 15.4 Å². The molecular formula is C19H24N2OS. The van der Waals surface area contributed by atoms with E-state index in [9.17, 15) is 0 Å². The van der Waals surface area contributed by atoms with Crippen LogP contribution in [0.1, 0.15) is 30.5 Å². The van der Waals surface area contributed by atoms with Crippen LogP contribution in [0.2, 0.25) is 0 Å². The second kappa shape index (κ2) is 9.16. The molecule has 2 rings (SSSR count). The molecule has 0 aromatic heterocycles. The Balaban J connectivity index is 1.82. The fourth-order valence-corrected chi connectivity index (χ4v) is 2.68. The van der Waals surface area contributed by atoms with Gasteiger partial charge in [0.15, 0.2) is 5.11 Å². The molecule has 0 bridgehead atoms. The highest BCUT2D eigenvalue weighted by molar-refractivity contribution is 7.80. The summed E-state index contributed by atoms with van der Waals surface area (Å²) >= 11 is 5.41. The molecule has 0 aliphatic carbocycles. The first-order chi connectivity index (χ1) is 11.2. The van der Waals surface area contributed by atoms with Gasteiger partial charge in [-0.15, -0.1) is 0 Å². The van der Waals surface area contributed by atoms with Crippen LogP contribution in [-0.4, -0.2) is 18.8 Å². The summed E-state index contributed by atoms with van der Waals surface area (Å²) in [5, 5.41) is 7.37. The maximum Gasteiger partial charge on any atom is 0.166 e. The molecule has 0 aliphatic rings.